The van der Waals surface area contributed by atoms with Crippen LogP contribution in [-0.4, -0.2) is 29.3 Å². The van der Waals surface area contributed by atoms with E-state index in [0.717, 1.165) is 45.7 Å². The van der Waals surface area contributed by atoms with Gasteiger partial charge in [-0.25, -0.2) is 4.98 Å². The molecule has 4 rings (SSSR count). The van der Waals surface area contributed by atoms with E-state index in [2.05, 4.69) is 11.9 Å². The molecule has 1 unspecified atom stereocenters. The van der Waals surface area contributed by atoms with Gasteiger partial charge in [0.05, 0.1) is 23.1 Å². The maximum absolute atomic E-state index is 10.8. The number of carbonyl (C=O) groups is 1. The molecule has 31 heavy (non-hydrogen) atoms. The zero-order valence-corrected chi connectivity index (χ0v) is 19.6. The molecule has 3 aromatic rings. The fraction of sp³-hybridized carbons (Fsp3) is 0.417. The molecule has 6 nitrogen and oxygen atoms in total. The van der Waals surface area contributed by atoms with Crippen LogP contribution in [0, 0.1) is 12.8 Å². The SMILES string of the molecule is CC.CCOc1ccc2c(c1)OCC(C(=O)O)C2.CCc1nc(-c2cccs2)oc1C. The molecule has 1 N–H and O–H groups in total. The number of aryl methyl sites for hydroxylation is 2. The highest BCUT2D eigenvalue weighted by molar-refractivity contribution is 7.13. The Morgan fingerprint density at radius 3 is 2.65 bits per heavy atom. The number of aromatic nitrogens is 1. The van der Waals surface area contributed by atoms with Crippen molar-refractivity contribution in [2.45, 2.75) is 47.5 Å². The first-order valence-electron chi connectivity index (χ1n) is 10.6. The lowest BCUT2D eigenvalue weighted by molar-refractivity contribution is -0.143. The van der Waals surface area contributed by atoms with Crippen molar-refractivity contribution in [3.8, 4) is 22.3 Å². The van der Waals surface area contributed by atoms with Crippen molar-refractivity contribution < 1.29 is 23.8 Å². The van der Waals surface area contributed by atoms with Gasteiger partial charge in [-0.3, -0.25) is 4.79 Å². The van der Waals surface area contributed by atoms with Gasteiger partial charge in [-0.2, -0.15) is 0 Å². The summed E-state index contributed by atoms with van der Waals surface area (Å²) in [5.74, 6) is 1.94. The summed E-state index contributed by atoms with van der Waals surface area (Å²) >= 11 is 1.65. The number of carboxylic acid groups (broad SMARTS) is 1. The Kier molecular flexibility index (Phi) is 9.59. The van der Waals surface area contributed by atoms with E-state index >= 15 is 0 Å². The van der Waals surface area contributed by atoms with Crippen molar-refractivity contribution in [2.24, 2.45) is 5.92 Å². The van der Waals surface area contributed by atoms with Crippen LogP contribution in [0.2, 0.25) is 0 Å². The van der Waals surface area contributed by atoms with Gasteiger partial charge in [0.1, 0.15) is 23.9 Å². The monoisotopic (exact) mass is 445 g/mol. The second-order valence-electron chi connectivity index (χ2n) is 6.61. The topological polar surface area (TPSA) is 81.8 Å². The van der Waals surface area contributed by atoms with Gasteiger partial charge in [-0.1, -0.05) is 32.9 Å². The van der Waals surface area contributed by atoms with Gasteiger partial charge >= 0.3 is 5.97 Å². The molecule has 0 amide bonds. The average molecular weight is 446 g/mol. The number of carboxylic acids is 1. The molecule has 0 aliphatic carbocycles. The molecule has 1 aliphatic rings. The number of benzene rings is 1. The minimum atomic E-state index is -0.806. The van der Waals surface area contributed by atoms with Crippen LogP contribution >= 0.6 is 11.3 Å². The summed E-state index contributed by atoms with van der Waals surface area (Å²) in [6.07, 6.45) is 1.46. The summed E-state index contributed by atoms with van der Waals surface area (Å²) in [6.45, 7) is 10.8. The molecule has 168 valence electrons. The maximum Gasteiger partial charge on any atom is 0.310 e. The Labute approximate surface area is 187 Å². The van der Waals surface area contributed by atoms with Crippen molar-refractivity contribution in [1.82, 2.24) is 4.98 Å². The van der Waals surface area contributed by atoms with E-state index in [-0.39, 0.29) is 6.61 Å². The van der Waals surface area contributed by atoms with Gasteiger partial charge in [0.25, 0.3) is 0 Å². The normalized spacial score (nSPS) is 14.2. The van der Waals surface area contributed by atoms with Crippen LogP contribution in [0.15, 0.2) is 40.1 Å². The summed E-state index contributed by atoms with van der Waals surface area (Å²) in [5.41, 5.74) is 1.99. The predicted octanol–water partition coefficient (Wildman–Crippen LogP) is 6.02. The minimum Gasteiger partial charge on any atom is -0.494 e. The van der Waals surface area contributed by atoms with E-state index in [9.17, 15) is 4.79 Å². The van der Waals surface area contributed by atoms with Crippen LogP contribution < -0.4 is 9.47 Å². The Morgan fingerprint density at radius 1 is 1.29 bits per heavy atom. The number of hydrogen-bond donors (Lipinski definition) is 1. The van der Waals surface area contributed by atoms with Crippen molar-refractivity contribution in [1.29, 1.82) is 0 Å². The summed E-state index contributed by atoms with van der Waals surface area (Å²) in [5, 5.41) is 10.9. The fourth-order valence-electron chi connectivity index (χ4n) is 3.03. The lowest BCUT2D eigenvalue weighted by Gasteiger charge is -2.22. The molecule has 0 spiro atoms. The Hall–Kier alpha value is -2.80. The number of rotatable bonds is 5. The highest BCUT2D eigenvalue weighted by Gasteiger charge is 2.25. The quantitative estimate of drug-likeness (QED) is 0.517. The molecule has 1 atom stereocenters. The van der Waals surface area contributed by atoms with Gasteiger partial charge in [0.15, 0.2) is 0 Å². The van der Waals surface area contributed by atoms with E-state index in [0.29, 0.717) is 13.0 Å². The first-order valence-corrected chi connectivity index (χ1v) is 11.5. The third-order valence-electron chi connectivity index (χ3n) is 4.56. The first kappa shape index (κ1) is 24.5. The van der Waals surface area contributed by atoms with E-state index in [1.165, 1.54) is 0 Å². The fourth-order valence-corrected chi connectivity index (χ4v) is 3.68. The summed E-state index contributed by atoms with van der Waals surface area (Å²) < 4.78 is 16.3. The largest absolute Gasteiger partial charge is 0.494 e. The van der Waals surface area contributed by atoms with Crippen LogP contribution in [0.3, 0.4) is 0 Å². The van der Waals surface area contributed by atoms with Crippen molar-refractivity contribution >= 4 is 17.3 Å². The van der Waals surface area contributed by atoms with E-state index in [1.54, 1.807) is 11.3 Å². The molecule has 7 heteroatoms. The second-order valence-corrected chi connectivity index (χ2v) is 7.55. The zero-order valence-electron chi connectivity index (χ0n) is 18.8. The van der Waals surface area contributed by atoms with Gasteiger partial charge < -0.3 is 19.0 Å². The highest BCUT2D eigenvalue weighted by Crippen LogP contribution is 2.31. The van der Waals surface area contributed by atoms with Crippen LogP contribution in [0.5, 0.6) is 11.5 Å². The lowest BCUT2D eigenvalue weighted by Crippen LogP contribution is -2.27. The third kappa shape index (κ3) is 6.59. The molecule has 3 heterocycles. The molecular formula is C24H31NO5S. The highest BCUT2D eigenvalue weighted by atomic mass is 32.1. The van der Waals surface area contributed by atoms with Crippen LogP contribution in [0.25, 0.3) is 10.8 Å². The lowest BCUT2D eigenvalue weighted by atomic mass is 9.97. The Balaban J connectivity index is 0.000000208. The van der Waals surface area contributed by atoms with E-state index < -0.39 is 11.9 Å². The molecule has 0 radical (unpaired) electrons. The average Bonchev–Trinajstić information content (AvgIpc) is 3.45. The number of hydrogen-bond acceptors (Lipinski definition) is 6. The standard InChI is InChI=1S/C12H14O4.C10H11NOS.C2H6/c1-2-15-10-4-3-8-5-9(12(13)14)7-16-11(8)6-10;1-3-8-7(2)12-10(11-8)9-5-4-6-13-9;1-2/h3-4,6,9H,2,5,7H2,1H3,(H,13,14);4-6H,3H2,1-2H3;1-2H3. The number of thiophene rings is 1. The van der Waals surface area contributed by atoms with Gasteiger partial charge in [0.2, 0.25) is 5.89 Å². The second kappa shape index (κ2) is 12.2. The Morgan fingerprint density at radius 2 is 2.06 bits per heavy atom. The number of oxazole rings is 1. The van der Waals surface area contributed by atoms with Crippen molar-refractivity contribution in [2.75, 3.05) is 13.2 Å². The van der Waals surface area contributed by atoms with Gasteiger partial charge in [0, 0.05) is 6.07 Å². The number of ether oxygens (including phenoxy) is 2. The van der Waals surface area contributed by atoms with Crippen LogP contribution in [0.4, 0.5) is 0 Å². The number of fused-ring (bicyclic) bond motifs is 1. The van der Waals surface area contributed by atoms with Crippen LogP contribution in [0.1, 0.15) is 44.7 Å². The summed E-state index contributed by atoms with van der Waals surface area (Å²) in [4.78, 5) is 16.3. The third-order valence-corrected chi connectivity index (χ3v) is 5.42. The van der Waals surface area contributed by atoms with Gasteiger partial charge in [-0.05, 0) is 49.8 Å². The maximum atomic E-state index is 10.8. The molecular weight excluding hydrogens is 414 g/mol. The molecule has 1 aliphatic heterocycles. The zero-order chi connectivity index (χ0) is 22.8. The number of nitrogens with zero attached hydrogens (tertiary/aromatic N) is 1. The Bertz CT molecular complexity index is 949. The minimum absolute atomic E-state index is 0.234. The van der Waals surface area contributed by atoms with Gasteiger partial charge in [-0.15, -0.1) is 11.3 Å². The molecule has 1 aromatic carbocycles. The summed E-state index contributed by atoms with van der Waals surface area (Å²) in [6, 6.07) is 9.56. The van der Waals surface area contributed by atoms with E-state index in [4.69, 9.17) is 19.0 Å². The molecule has 2 aromatic heterocycles. The van der Waals surface area contributed by atoms with Crippen molar-refractivity contribution in [3.63, 3.8) is 0 Å². The van der Waals surface area contributed by atoms with Crippen molar-refractivity contribution in [3.05, 3.63) is 52.7 Å². The smallest absolute Gasteiger partial charge is 0.310 e. The first-order chi connectivity index (χ1) is 15.0. The predicted molar refractivity (Wildman–Crippen MR) is 123 cm³/mol. The van der Waals surface area contributed by atoms with E-state index in [1.807, 2.05) is 63.4 Å². The molecule has 0 saturated carbocycles. The molecule has 0 fully saturated rings. The molecule has 0 bridgehead atoms. The number of aliphatic carboxylic acids is 1. The molecule has 0 saturated heterocycles. The summed E-state index contributed by atoms with van der Waals surface area (Å²) in [7, 11) is 0. The van der Waals surface area contributed by atoms with Crippen LogP contribution in [-0.2, 0) is 17.6 Å².